The smallest absolute Gasteiger partial charge is 0.191 e. The highest BCUT2D eigenvalue weighted by Crippen LogP contribution is 2.23. The summed E-state index contributed by atoms with van der Waals surface area (Å²) in [4.78, 5) is 6.66. The van der Waals surface area contributed by atoms with Gasteiger partial charge in [-0.05, 0) is 35.4 Å². The standard InChI is InChI=1S/C22H29FN4O3.HI/c1-24-22(25-14-16-3-8-21(28)19(23)13-16)26-15-20(27-9-11-30-12-10-27)17-4-6-18(29-2)7-5-17;/h3-8,13,20,28H,9-12,14-15H2,1-2H3,(H2,24,25,26);1H. The van der Waals surface area contributed by atoms with Gasteiger partial charge in [-0.1, -0.05) is 18.2 Å². The van der Waals surface area contributed by atoms with Crippen molar-refractivity contribution in [2.75, 3.05) is 47.0 Å². The molecule has 1 fully saturated rings. The topological polar surface area (TPSA) is 78.4 Å². The van der Waals surface area contributed by atoms with Crippen LogP contribution in [0.15, 0.2) is 47.5 Å². The fourth-order valence-electron chi connectivity index (χ4n) is 3.43. The number of aliphatic imine (C=N–C) groups is 1. The zero-order valence-electron chi connectivity index (χ0n) is 17.8. The Labute approximate surface area is 199 Å². The highest BCUT2D eigenvalue weighted by molar-refractivity contribution is 14.0. The van der Waals surface area contributed by atoms with E-state index in [1.165, 1.54) is 17.7 Å². The molecule has 0 saturated carbocycles. The Kier molecular flexibility index (Phi) is 10.3. The normalized spacial score (nSPS) is 15.6. The first kappa shape index (κ1) is 25.2. The first-order chi connectivity index (χ1) is 14.6. The maximum absolute atomic E-state index is 13.5. The van der Waals surface area contributed by atoms with Gasteiger partial charge in [0.05, 0.1) is 26.4 Å². The van der Waals surface area contributed by atoms with E-state index in [-0.39, 0.29) is 35.8 Å². The Bertz CT molecular complexity index is 845. The van der Waals surface area contributed by atoms with Gasteiger partial charge < -0.3 is 25.2 Å². The van der Waals surface area contributed by atoms with Crippen LogP contribution in [0.5, 0.6) is 11.5 Å². The van der Waals surface area contributed by atoms with Crippen LogP contribution in [-0.2, 0) is 11.3 Å². The highest BCUT2D eigenvalue weighted by atomic mass is 127. The maximum Gasteiger partial charge on any atom is 0.191 e. The van der Waals surface area contributed by atoms with E-state index in [9.17, 15) is 9.50 Å². The number of nitrogens with one attached hydrogen (secondary N) is 2. The highest BCUT2D eigenvalue weighted by Gasteiger charge is 2.23. The van der Waals surface area contributed by atoms with Crippen molar-refractivity contribution in [1.82, 2.24) is 15.5 Å². The van der Waals surface area contributed by atoms with Crippen molar-refractivity contribution in [1.29, 1.82) is 0 Å². The van der Waals surface area contributed by atoms with E-state index >= 15 is 0 Å². The number of ether oxygens (including phenoxy) is 2. The number of phenolic OH excluding ortho intramolecular Hbond substituents is 1. The summed E-state index contributed by atoms with van der Waals surface area (Å²) in [6.45, 7) is 4.18. The predicted octanol–water partition coefficient (Wildman–Crippen LogP) is 2.90. The maximum atomic E-state index is 13.5. The van der Waals surface area contributed by atoms with Gasteiger partial charge in [-0.15, -0.1) is 24.0 Å². The average Bonchev–Trinajstić information content (AvgIpc) is 2.79. The first-order valence-electron chi connectivity index (χ1n) is 9.98. The van der Waals surface area contributed by atoms with E-state index < -0.39 is 5.82 Å². The van der Waals surface area contributed by atoms with Crippen molar-refractivity contribution in [3.63, 3.8) is 0 Å². The summed E-state index contributed by atoms with van der Waals surface area (Å²) in [7, 11) is 3.36. The van der Waals surface area contributed by atoms with E-state index in [2.05, 4.69) is 32.7 Å². The number of hydrogen-bond acceptors (Lipinski definition) is 5. The fraction of sp³-hybridized carbons (Fsp3) is 0.409. The van der Waals surface area contributed by atoms with Crippen molar-refractivity contribution in [3.8, 4) is 11.5 Å². The van der Waals surface area contributed by atoms with Crippen LogP contribution in [0.3, 0.4) is 0 Å². The number of hydrogen-bond donors (Lipinski definition) is 3. The molecule has 0 amide bonds. The van der Waals surface area contributed by atoms with Gasteiger partial charge in [0.2, 0.25) is 0 Å². The molecule has 3 rings (SSSR count). The second-order valence-electron chi connectivity index (χ2n) is 7.03. The molecule has 2 aromatic rings. The number of phenols is 1. The van der Waals surface area contributed by atoms with E-state index in [0.717, 1.165) is 18.8 Å². The molecular weight excluding hydrogens is 514 g/mol. The van der Waals surface area contributed by atoms with Crippen molar-refractivity contribution < 1.29 is 19.0 Å². The number of methoxy groups -OCH3 is 1. The molecule has 1 heterocycles. The molecule has 0 bridgehead atoms. The van der Waals surface area contributed by atoms with Crippen LogP contribution in [0.4, 0.5) is 4.39 Å². The van der Waals surface area contributed by atoms with E-state index in [1.54, 1.807) is 20.2 Å². The van der Waals surface area contributed by atoms with Crippen LogP contribution in [0.25, 0.3) is 0 Å². The van der Waals surface area contributed by atoms with Gasteiger partial charge in [0.15, 0.2) is 17.5 Å². The number of benzene rings is 2. The van der Waals surface area contributed by atoms with Crippen LogP contribution in [0, 0.1) is 5.82 Å². The number of morpholine rings is 1. The summed E-state index contributed by atoms with van der Waals surface area (Å²) in [6.07, 6.45) is 0. The Hall–Kier alpha value is -2.11. The lowest BCUT2D eigenvalue weighted by molar-refractivity contribution is 0.0170. The lowest BCUT2D eigenvalue weighted by atomic mass is 10.0. The third-order valence-electron chi connectivity index (χ3n) is 5.15. The summed E-state index contributed by atoms with van der Waals surface area (Å²) >= 11 is 0. The fourth-order valence-corrected chi connectivity index (χ4v) is 3.43. The van der Waals surface area contributed by atoms with Crippen molar-refractivity contribution in [2.24, 2.45) is 4.99 Å². The summed E-state index contributed by atoms with van der Waals surface area (Å²) < 4.78 is 24.3. The Morgan fingerprint density at radius 1 is 1.19 bits per heavy atom. The molecule has 1 atom stereocenters. The number of halogens is 2. The molecular formula is C22H30FIN4O3. The minimum atomic E-state index is -0.635. The Morgan fingerprint density at radius 3 is 2.52 bits per heavy atom. The molecule has 1 aliphatic heterocycles. The van der Waals surface area contributed by atoms with Crippen LogP contribution >= 0.6 is 24.0 Å². The second-order valence-corrected chi connectivity index (χ2v) is 7.03. The van der Waals surface area contributed by atoms with Crippen molar-refractivity contribution in [2.45, 2.75) is 12.6 Å². The van der Waals surface area contributed by atoms with Gasteiger partial charge in [-0.3, -0.25) is 9.89 Å². The van der Waals surface area contributed by atoms with E-state index in [4.69, 9.17) is 9.47 Å². The van der Waals surface area contributed by atoms with Crippen molar-refractivity contribution >= 4 is 29.9 Å². The molecule has 2 aromatic carbocycles. The lowest BCUT2D eigenvalue weighted by Crippen LogP contribution is -2.46. The molecule has 1 aliphatic rings. The van der Waals surface area contributed by atoms with E-state index in [0.29, 0.717) is 37.8 Å². The number of aromatic hydroxyl groups is 1. The average molecular weight is 544 g/mol. The Balaban J connectivity index is 0.00000341. The van der Waals surface area contributed by atoms with Crippen molar-refractivity contribution in [3.05, 3.63) is 59.4 Å². The first-order valence-corrected chi connectivity index (χ1v) is 9.98. The largest absolute Gasteiger partial charge is 0.505 e. The molecule has 1 saturated heterocycles. The quantitative estimate of drug-likeness (QED) is 0.283. The third kappa shape index (κ3) is 7.22. The van der Waals surface area contributed by atoms with Gasteiger partial charge in [-0.25, -0.2) is 4.39 Å². The molecule has 0 radical (unpaired) electrons. The molecule has 0 aromatic heterocycles. The zero-order chi connectivity index (χ0) is 21.3. The van der Waals surface area contributed by atoms with Crippen LogP contribution in [-0.4, -0.2) is 63.0 Å². The van der Waals surface area contributed by atoms with Gasteiger partial charge >= 0.3 is 0 Å². The minimum absolute atomic E-state index is 0. The summed E-state index contributed by atoms with van der Waals surface area (Å²) in [6, 6.07) is 12.6. The van der Waals surface area contributed by atoms with Gasteiger partial charge in [0.25, 0.3) is 0 Å². The lowest BCUT2D eigenvalue weighted by Gasteiger charge is -2.35. The monoisotopic (exact) mass is 544 g/mol. The molecule has 0 spiro atoms. The molecule has 3 N–H and O–H groups in total. The Morgan fingerprint density at radius 2 is 1.90 bits per heavy atom. The summed E-state index contributed by atoms with van der Waals surface area (Å²) in [5.74, 6) is 0.458. The molecule has 31 heavy (non-hydrogen) atoms. The molecule has 170 valence electrons. The molecule has 7 nitrogen and oxygen atoms in total. The van der Waals surface area contributed by atoms with Gasteiger partial charge in [0.1, 0.15) is 5.75 Å². The number of nitrogens with zero attached hydrogens (tertiary/aromatic N) is 2. The summed E-state index contributed by atoms with van der Waals surface area (Å²) in [5, 5.41) is 15.9. The number of guanidine groups is 1. The molecule has 9 heteroatoms. The minimum Gasteiger partial charge on any atom is -0.505 e. The predicted molar refractivity (Wildman–Crippen MR) is 130 cm³/mol. The second kappa shape index (κ2) is 12.7. The van der Waals surface area contributed by atoms with Crippen LogP contribution in [0.2, 0.25) is 0 Å². The SMILES string of the molecule is CN=C(NCc1ccc(O)c(F)c1)NCC(c1ccc(OC)cc1)N1CCOCC1.I. The zero-order valence-corrected chi connectivity index (χ0v) is 20.1. The third-order valence-corrected chi connectivity index (χ3v) is 5.15. The molecule has 0 aliphatic carbocycles. The van der Waals surface area contributed by atoms with Gasteiger partial charge in [0, 0.05) is 33.2 Å². The number of rotatable bonds is 7. The van der Waals surface area contributed by atoms with Gasteiger partial charge in [-0.2, -0.15) is 0 Å². The van der Waals surface area contributed by atoms with E-state index in [1.807, 2.05) is 12.1 Å². The summed E-state index contributed by atoms with van der Waals surface area (Å²) in [5.41, 5.74) is 1.90. The molecule has 1 unspecified atom stereocenters. The van der Waals surface area contributed by atoms with Crippen LogP contribution in [0.1, 0.15) is 17.2 Å². The van der Waals surface area contributed by atoms with Crippen LogP contribution < -0.4 is 15.4 Å².